The summed E-state index contributed by atoms with van der Waals surface area (Å²) in [5, 5.41) is 43.4. The number of rotatable bonds is 37. The Labute approximate surface area is 766 Å². The number of fused-ring (bicyclic) bond motifs is 8. The van der Waals surface area contributed by atoms with Crippen molar-refractivity contribution in [2.45, 2.75) is 283 Å². The lowest BCUT2D eigenvalue weighted by Crippen LogP contribution is -2.51. The fourth-order valence-corrected chi connectivity index (χ4v) is 16.2. The first kappa shape index (κ1) is 105. The molecule has 11 heterocycles. The Kier molecular flexibility index (Phi) is 42.5. The van der Waals surface area contributed by atoms with E-state index in [9.17, 15) is 61.2 Å². The molecule has 0 radical (unpaired) electrons. The number of carbonyl (C=O) groups is 11. The van der Waals surface area contributed by atoms with Gasteiger partial charge in [0.2, 0.25) is 35.4 Å². The van der Waals surface area contributed by atoms with Crippen LogP contribution in [0.5, 0.6) is 0 Å². The molecule has 3 aromatic carbocycles. The molecule has 8 bridgehead atoms. The van der Waals surface area contributed by atoms with Gasteiger partial charge in [0, 0.05) is 91.9 Å². The van der Waals surface area contributed by atoms with Crippen LogP contribution >= 0.6 is 0 Å². The molecule has 131 heavy (non-hydrogen) atoms. The minimum absolute atomic E-state index is 0.00281. The highest BCUT2D eigenvalue weighted by Gasteiger charge is 2.52. The lowest BCUT2D eigenvalue weighted by molar-refractivity contribution is -0.140. The van der Waals surface area contributed by atoms with E-state index in [1.807, 2.05) is 126 Å². The number of ketones is 1. The number of hydrazine groups is 1. The standard InChI is InChI=1S/C24H33N5O5.C22H31N3O4.C14H18N4O3.C12H19N5O6S.2C6H12O2.C5H9NO/c1-24(2,3)34-23(31)27(4)14-8-11-20-25-26-21(33-20)19-13-12-18-15-28(19)22(30)29(18)32-16-17-9-6-5-7-10-17;1-16(2)7-6-10-19(26)13-23-21(27)20-12-11-18-14-24(20)22(28)25(18)29-15-17-8-4-3-5-9-17;15-16-13(19)12-7-6-11-8-17(12)14(20)18(11)21-9-10-4-2-1-3-5-10;1-13-6-2-3-10-14-15-11(22-10)9-5-4-8-7-16(9)12(18)17(8)23-24(19,20)21;2*1-2-3-4-5-6(7)8;1-6-4-2-3-5(6)7/h5-7,9-10,18-19H,8,11-16H2,1-4H3;3-5,8-9,16,18,20H,6-7,10-15H2,1-2H3,(H,23,27);1-5,11-12H,6-9,15H2,(H,16,19);8-9,13H,2-7H2,1H3,(H,19,20,21);2*2-5H2,1H3,(H,7,8);2-4H2,1H3/t18-,19+;18-,20+;11-,12+;8-,9+;;;/m1111.../s1. The second-order valence-electron chi connectivity index (χ2n) is 34.8. The number of piperidine rings is 4. The molecular weight excluding hydrogens is 1720 g/mol. The zero-order chi connectivity index (χ0) is 95.3. The maximum absolute atomic E-state index is 13.0. The molecule has 42 heteroatoms. The number of nitrogens with two attached hydrogens (primary N) is 1. The Hall–Kier alpha value is -11.0. The highest BCUT2D eigenvalue weighted by molar-refractivity contribution is 7.80. The van der Waals surface area contributed by atoms with Gasteiger partial charge in [-0.15, -0.1) is 24.7 Å². The van der Waals surface area contributed by atoms with Crippen LogP contribution in [0.4, 0.5) is 24.0 Å². The number of benzene rings is 3. The van der Waals surface area contributed by atoms with E-state index in [4.69, 9.17) is 48.7 Å². The van der Waals surface area contributed by atoms with E-state index < -0.39 is 58.1 Å². The van der Waals surface area contributed by atoms with Gasteiger partial charge in [0.25, 0.3) is 5.91 Å². The van der Waals surface area contributed by atoms with Crippen molar-refractivity contribution in [1.29, 1.82) is 0 Å². The van der Waals surface area contributed by atoms with Crippen molar-refractivity contribution >= 4 is 76.1 Å². The molecule has 8 atom stereocenters. The molecule has 5 aromatic rings. The van der Waals surface area contributed by atoms with Gasteiger partial charge in [-0.2, -0.15) is 28.7 Å². The predicted octanol–water partition coefficient (Wildman–Crippen LogP) is 10.7. The Balaban J connectivity index is 0.000000201. The number of hydrogen-bond acceptors (Lipinski definition) is 26. The Morgan fingerprint density at radius 3 is 1.37 bits per heavy atom. The van der Waals surface area contributed by atoms with E-state index in [0.29, 0.717) is 157 Å². The number of ether oxygens (including phenoxy) is 1. The Bertz CT molecular complexity index is 4550. The van der Waals surface area contributed by atoms with Crippen LogP contribution in [0.1, 0.15) is 248 Å². The monoisotopic (exact) mass is 1850 g/mol. The summed E-state index contributed by atoms with van der Waals surface area (Å²) < 4.78 is 51.8. The Morgan fingerprint density at radius 2 is 0.985 bits per heavy atom. The third kappa shape index (κ3) is 33.6. The summed E-state index contributed by atoms with van der Waals surface area (Å²) in [4.78, 5) is 156. The molecule has 14 rings (SSSR count). The number of likely N-dealkylation sites (tertiary alicyclic amines) is 1. The highest BCUT2D eigenvalue weighted by Crippen LogP contribution is 2.41. The van der Waals surface area contributed by atoms with Gasteiger partial charge in [-0.3, -0.25) is 53.3 Å². The summed E-state index contributed by atoms with van der Waals surface area (Å²) in [6.07, 6.45) is 18.2. The van der Waals surface area contributed by atoms with Gasteiger partial charge in [-0.25, -0.2) is 29.8 Å². The first-order valence-electron chi connectivity index (χ1n) is 45.4. The number of nitrogens with zero attached hydrogens (tertiary/aromatic N) is 14. The second-order valence-corrected chi connectivity index (χ2v) is 35.8. The molecule has 0 aliphatic carbocycles. The summed E-state index contributed by atoms with van der Waals surface area (Å²) in [6.45, 7) is 19.1. The number of aliphatic carboxylic acids is 2. The molecule has 9 fully saturated rings. The molecule has 9 aliphatic heterocycles. The summed E-state index contributed by atoms with van der Waals surface area (Å²) in [7, 11) is 0.657. The number of urea groups is 4. The largest absolute Gasteiger partial charge is 0.481 e. The number of carbonyl (C=O) groups excluding carboxylic acids is 9. The molecule has 0 spiro atoms. The van der Waals surface area contributed by atoms with Crippen LogP contribution in [-0.2, 0) is 95.4 Å². The van der Waals surface area contributed by atoms with Gasteiger partial charge < -0.3 is 63.8 Å². The smallest absolute Gasteiger partial charge is 0.418 e. The van der Waals surface area contributed by atoms with Crippen molar-refractivity contribution in [3.05, 3.63) is 131 Å². The molecule has 2 aromatic heterocycles. The van der Waals surface area contributed by atoms with Crippen LogP contribution in [0.2, 0.25) is 0 Å². The average Bonchev–Trinajstić information content (AvgIpc) is 1.60. The van der Waals surface area contributed by atoms with Gasteiger partial charge >= 0.3 is 52.6 Å². The highest BCUT2D eigenvalue weighted by atomic mass is 32.3. The zero-order valence-electron chi connectivity index (χ0n) is 77.1. The van der Waals surface area contributed by atoms with Crippen LogP contribution in [0.25, 0.3) is 0 Å². The van der Waals surface area contributed by atoms with Gasteiger partial charge in [0.15, 0.2) is 5.78 Å². The minimum atomic E-state index is -4.75. The summed E-state index contributed by atoms with van der Waals surface area (Å²) >= 11 is 0. The fourth-order valence-electron chi connectivity index (χ4n) is 15.8. The van der Waals surface area contributed by atoms with E-state index in [-0.39, 0.29) is 79.0 Å². The summed E-state index contributed by atoms with van der Waals surface area (Å²) in [5.41, 5.74) is 4.59. The van der Waals surface area contributed by atoms with Crippen LogP contribution < -0.4 is 21.9 Å². The van der Waals surface area contributed by atoms with Crippen molar-refractivity contribution in [3.63, 3.8) is 0 Å². The lowest BCUT2D eigenvalue weighted by Gasteiger charge is -2.29. The number of hydrogen-bond donors (Lipinski definition) is 7. The summed E-state index contributed by atoms with van der Waals surface area (Å²) in [6, 6.07) is 25.7. The van der Waals surface area contributed by atoms with Crippen molar-refractivity contribution in [3.8, 4) is 0 Å². The second kappa shape index (κ2) is 52.9. The van der Waals surface area contributed by atoms with Crippen molar-refractivity contribution in [1.82, 2.24) is 86.1 Å². The number of amides is 12. The van der Waals surface area contributed by atoms with Gasteiger partial charge in [-0.1, -0.05) is 151 Å². The molecule has 9 saturated heterocycles. The molecule has 41 nitrogen and oxygen atoms in total. The average molecular weight is 1860 g/mol. The minimum Gasteiger partial charge on any atom is -0.481 e. The van der Waals surface area contributed by atoms with Gasteiger partial charge in [-0.05, 0) is 147 Å². The first-order valence-corrected chi connectivity index (χ1v) is 46.7. The topological polar surface area (TPSA) is 501 Å². The number of Topliss-reactive ketones (excluding diaryl/α,β-unsaturated/α-hetero) is 1. The number of carboxylic acids is 2. The Morgan fingerprint density at radius 1 is 0.565 bits per heavy atom. The van der Waals surface area contributed by atoms with E-state index in [2.05, 4.69) is 68.4 Å². The first-order chi connectivity index (χ1) is 62.6. The molecule has 9 aliphatic rings. The molecular formula is C89H134N18O23S. The fraction of sp³-hybridized carbons (Fsp3) is 0.629. The van der Waals surface area contributed by atoms with E-state index in [1.54, 1.807) is 21.7 Å². The number of unbranched alkanes of at least 4 members (excludes halogenated alkanes) is 4. The van der Waals surface area contributed by atoms with Crippen LogP contribution in [0.15, 0.2) is 99.8 Å². The normalized spacial score (nSPS) is 20.4. The molecule has 8 N–H and O–H groups in total. The number of aromatic nitrogens is 4. The maximum Gasteiger partial charge on any atom is 0.418 e. The van der Waals surface area contributed by atoms with E-state index in [0.717, 1.165) is 120 Å². The van der Waals surface area contributed by atoms with Crippen LogP contribution in [0, 0.1) is 5.92 Å². The summed E-state index contributed by atoms with van der Waals surface area (Å²) in [5.74, 6) is 5.90. The number of nitrogens with one attached hydrogen (secondary N) is 3. The van der Waals surface area contributed by atoms with Gasteiger partial charge in [0.1, 0.15) is 49.6 Å². The quantitative estimate of drug-likeness (QED) is 0.00638. The molecule has 12 amide bonds. The molecule has 0 saturated carbocycles. The number of aryl methyl sites for hydroxylation is 2. The predicted molar refractivity (Wildman–Crippen MR) is 475 cm³/mol. The van der Waals surface area contributed by atoms with Gasteiger partial charge in [0.05, 0.1) is 30.7 Å². The van der Waals surface area contributed by atoms with Crippen molar-refractivity contribution in [2.75, 3.05) is 73.5 Å². The van der Waals surface area contributed by atoms with Crippen molar-refractivity contribution < 1.29 is 108 Å². The molecule has 0 unspecified atom stereocenters. The third-order valence-corrected chi connectivity index (χ3v) is 23.1. The third-order valence-electron chi connectivity index (χ3n) is 22.8. The van der Waals surface area contributed by atoms with Crippen LogP contribution in [0.3, 0.4) is 0 Å². The van der Waals surface area contributed by atoms with E-state index in [1.165, 1.54) is 29.9 Å². The lowest BCUT2D eigenvalue weighted by atomic mass is 10.00. The van der Waals surface area contributed by atoms with E-state index >= 15 is 0 Å². The van der Waals surface area contributed by atoms with Crippen LogP contribution in [-0.4, -0.2) is 274 Å². The zero-order valence-corrected chi connectivity index (χ0v) is 77.9. The van der Waals surface area contributed by atoms with Crippen molar-refractivity contribution in [2.24, 2.45) is 11.8 Å². The maximum atomic E-state index is 13.0. The number of carboxylic acid groups (broad SMARTS) is 2. The number of hydroxylamine groups is 8. The SMILES string of the molecule is CC(C)CCCC(=O)CNC(=O)[C@@H]1CC[C@@H]2CN1C(=O)N2OCc1ccccc1.CCCCCC(=O)O.CCCCCC(=O)O.CN(CCCc1nnc([C@@H]2CC[C@@H]3CN2C(=O)N3OCc2ccccc2)o1)C(=O)OC(C)(C)C.CN1CCCC1=O.CNCCCc1nnc([C@@H]2CC[C@@H]3CN2C(=O)N3OS(=O)(=O)O)o1.NNC(=O)[C@@H]1CC[C@@H]2CN1C(=O)N2OCc1ccccc1. The molecule has 724 valence electrons.